The summed E-state index contributed by atoms with van der Waals surface area (Å²) in [5, 5.41) is 10.1. The van der Waals surface area contributed by atoms with Crippen LogP contribution in [0.1, 0.15) is 0 Å². The van der Waals surface area contributed by atoms with Crippen LogP contribution < -0.4 is 0 Å². The molecule has 9 heavy (non-hydrogen) atoms. The summed E-state index contributed by atoms with van der Waals surface area (Å²) < 4.78 is 0. The summed E-state index contributed by atoms with van der Waals surface area (Å²) >= 11 is 0. The van der Waals surface area contributed by atoms with Gasteiger partial charge in [0.15, 0.2) is 0 Å². The Hall–Kier alpha value is -1.38. The van der Waals surface area contributed by atoms with Gasteiger partial charge in [-0.25, -0.2) is 0 Å². The Morgan fingerprint density at radius 1 is 1.44 bits per heavy atom. The fraction of sp³-hybridized carbons (Fsp3) is 0. The summed E-state index contributed by atoms with van der Waals surface area (Å²) in [6, 6.07) is 5.09. The van der Waals surface area contributed by atoms with E-state index in [2.05, 4.69) is 0 Å². The maximum atomic E-state index is 10.1. The van der Waals surface area contributed by atoms with Crippen molar-refractivity contribution in [1.29, 1.82) is 0 Å². The highest BCUT2D eigenvalue weighted by atomic mass is 16.6. The largest absolute Gasteiger partial charge is 0.277 e. The fourth-order valence-electron chi connectivity index (χ4n) is 0.897. The highest BCUT2D eigenvalue weighted by Crippen LogP contribution is 2.42. The van der Waals surface area contributed by atoms with Gasteiger partial charge >= 0.3 is 0 Å². The number of fused-ring (bicyclic) bond motifs is 1. The number of benzene rings is 1. The van der Waals surface area contributed by atoms with Crippen molar-refractivity contribution in [3.63, 3.8) is 0 Å². The molecule has 2 aliphatic rings. The number of nitro benzene ring substituents is 1. The van der Waals surface area contributed by atoms with Crippen molar-refractivity contribution < 1.29 is 4.92 Å². The number of hydrogen-bond donors (Lipinski definition) is 0. The van der Waals surface area contributed by atoms with Gasteiger partial charge in [0.1, 0.15) is 0 Å². The average Bonchev–Trinajstić information content (AvgIpc) is 2.43. The average molecular weight is 121 g/mol. The van der Waals surface area contributed by atoms with E-state index in [1.807, 2.05) is 0 Å². The molecule has 0 aliphatic heterocycles. The lowest BCUT2D eigenvalue weighted by molar-refractivity contribution is -0.383. The molecule has 0 aromatic carbocycles. The Morgan fingerprint density at radius 3 is 2.44 bits per heavy atom. The molecule has 0 saturated carbocycles. The molecule has 0 amide bonds. The van der Waals surface area contributed by atoms with Crippen LogP contribution in [0.3, 0.4) is 0 Å². The second-order valence-corrected chi connectivity index (χ2v) is 1.99. The zero-order valence-electron chi connectivity index (χ0n) is 4.50. The topological polar surface area (TPSA) is 43.1 Å². The molecule has 3 nitrogen and oxygen atoms in total. The van der Waals surface area contributed by atoms with E-state index < -0.39 is 0 Å². The van der Waals surface area contributed by atoms with Gasteiger partial charge in [-0.15, -0.1) is 0 Å². The maximum Gasteiger partial charge on any atom is 0.277 e. The van der Waals surface area contributed by atoms with Gasteiger partial charge < -0.3 is 0 Å². The summed E-state index contributed by atoms with van der Waals surface area (Å²) in [5.74, 6) is 0. The van der Waals surface area contributed by atoms with Gasteiger partial charge in [-0.3, -0.25) is 10.1 Å². The third-order valence-electron chi connectivity index (χ3n) is 1.42. The van der Waals surface area contributed by atoms with Gasteiger partial charge in [0.05, 0.1) is 10.5 Å². The van der Waals surface area contributed by atoms with Crippen LogP contribution in [-0.4, -0.2) is 4.92 Å². The molecule has 2 aliphatic carbocycles. The van der Waals surface area contributed by atoms with Crippen molar-refractivity contribution in [2.24, 2.45) is 0 Å². The van der Waals surface area contributed by atoms with E-state index >= 15 is 0 Å². The smallest absolute Gasteiger partial charge is 0.258 e. The first kappa shape index (κ1) is 4.49. The minimum Gasteiger partial charge on any atom is -0.258 e. The molecule has 44 valence electrons. The van der Waals surface area contributed by atoms with Crippen LogP contribution in [0.15, 0.2) is 18.2 Å². The van der Waals surface area contributed by atoms with Crippen LogP contribution in [0.4, 0.5) is 5.69 Å². The standard InChI is InChI=1S/C6H3NO2/c8-7(9)6-2-1-4-3-5(4)6/h1-3H. The lowest BCUT2D eigenvalue weighted by Gasteiger charge is -1.79. The second kappa shape index (κ2) is 1.13. The highest BCUT2D eigenvalue weighted by molar-refractivity contribution is 5.89. The summed E-state index contributed by atoms with van der Waals surface area (Å²) in [7, 11) is 0. The molecule has 0 bridgehead atoms. The lowest BCUT2D eigenvalue weighted by atomic mass is 10.5. The number of nitrogens with zero attached hydrogens (tertiary/aromatic N) is 1. The van der Waals surface area contributed by atoms with Gasteiger partial charge in [-0.2, -0.15) is 0 Å². The van der Waals surface area contributed by atoms with Gasteiger partial charge in [-0.1, -0.05) is 0 Å². The Bertz CT molecular complexity index is 293. The van der Waals surface area contributed by atoms with Gasteiger partial charge in [0, 0.05) is 6.07 Å². The van der Waals surface area contributed by atoms with Crippen molar-refractivity contribution in [3.05, 3.63) is 28.3 Å². The lowest BCUT2D eigenvalue weighted by Crippen LogP contribution is -1.82. The zero-order chi connectivity index (χ0) is 6.43. The first-order chi connectivity index (χ1) is 4.29. The molecule has 0 spiro atoms. The number of hydrogen-bond acceptors (Lipinski definition) is 2. The summed E-state index contributed by atoms with van der Waals surface area (Å²) in [4.78, 5) is 9.74. The number of rotatable bonds is 1. The maximum absolute atomic E-state index is 10.1. The molecule has 0 aromatic heterocycles. The SMILES string of the molecule is O=[N+]([O-])c1ccc2cc1-2. The van der Waals surface area contributed by atoms with E-state index in [0.717, 1.165) is 11.1 Å². The predicted octanol–water partition coefficient (Wildman–Crippen LogP) is 1.58. The molecule has 0 unspecified atom stereocenters. The van der Waals surface area contributed by atoms with E-state index in [4.69, 9.17) is 0 Å². The van der Waals surface area contributed by atoms with Crippen LogP contribution in [0.2, 0.25) is 0 Å². The monoisotopic (exact) mass is 121 g/mol. The molecule has 0 aromatic rings. The summed E-state index contributed by atoms with van der Waals surface area (Å²) in [6.07, 6.45) is 0. The number of nitro groups is 1. The van der Waals surface area contributed by atoms with Crippen molar-refractivity contribution in [2.75, 3.05) is 0 Å². The van der Waals surface area contributed by atoms with Crippen molar-refractivity contribution in [3.8, 4) is 11.1 Å². The highest BCUT2D eigenvalue weighted by Gasteiger charge is 2.24. The molecule has 0 saturated heterocycles. The van der Waals surface area contributed by atoms with Crippen molar-refractivity contribution >= 4 is 5.69 Å². The van der Waals surface area contributed by atoms with Gasteiger partial charge in [0.2, 0.25) is 0 Å². The molecule has 2 rings (SSSR count). The normalized spacial score (nSPS) is 11.1. The van der Waals surface area contributed by atoms with E-state index in [1.54, 1.807) is 12.1 Å². The summed E-state index contributed by atoms with van der Waals surface area (Å²) in [5.41, 5.74) is 2.06. The Morgan fingerprint density at radius 2 is 2.22 bits per heavy atom. The molecule has 3 heteroatoms. The first-order valence-electron chi connectivity index (χ1n) is 2.58. The van der Waals surface area contributed by atoms with Crippen molar-refractivity contribution in [1.82, 2.24) is 0 Å². The third-order valence-corrected chi connectivity index (χ3v) is 1.42. The van der Waals surface area contributed by atoms with Crippen molar-refractivity contribution in [2.45, 2.75) is 0 Å². The van der Waals surface area contributed by atoms with Crippen LogP contribution in [0, 0.1) is 10.1 Å². The van der Waals surface area contributed by atoms with E-state index in [0.29, 0.717) is 0 Å². The molecule has 0 atom stereocenters. The molecule has 0 heterocycles. The molecule has 0 N–H and O–H groups in total. The molecular formula is C6H3NO2. The summed E-state index contributed by atoms with van der Waals surface area (Å²) in [6.45, 7) is 0. The minimum absolute atomic E-state index is 0.241. The molecular weight excluding hydrogens is 118 g/mol. The second-order valence-electron chi connectivity index (χ2n) is 1.99. The van der Waals surface area contributed by atoms with Gasteiger partial charge in [0.25, 0.3) is 5.69 Å². The van der Waals surface area contributed by atoms with Crippen LogP contribution >= 0.6 is 0 Å². The van der Waals surface area contributed by atoms with E-state index in [1.165, 1.54) is 6.07 Å². The Labute approximate surface area is 51.1 Å². The molecule has 0 radical (unpaired) electrons. The van der Waals surface area contributed by atoms with Crippen LogP contribution in [0.25, 0.3) is 11.1 Å². The van der Waals surface area contributed by atoms with E-state index in [-0.39, 0.29) is 10.6 Å². The first-order valence-corrected chi connectivity index (χ1v) is 2.58. The quantitative estimate of drug-likeness (QED) is 0.424. The van der Waals surface area contributed by atoms with Gasteiger partial charge in [-0.05, 0) is 17.7 Å². The zero-order valence-corrected chi connectivity index (χ0v) is 4.50. The third kappa shape index (κ3) is 0.455. The molecule has 0 fully saturated rings. The fourth-order valence-corrected chi connectivity index (χ4v) is 0.897. The Balaban J connectivity index is 2.53. The predicted molar refractivity (Wildman–Crippen MR) is 32.1 cm³/mol. The Kier molecular flexibility index (Phi) is 0.563. The minimum atomic E-state index is -0.359. The van der Waals surface area contributed by atoms with Crippen LogP contribution in [-0.2, 0) is 0 Å². The van der Waals surface area contributed by atoms with E-state index in [9.17, 15) is 10.1 Å². The van der Waals surface area contributed by atoms with Crippen LogP contribution in [0.5, 0.6) is 0 Å².